The fourth-order valence-corrected chi connectivity index (χ4v) is 3.00. The average Bonchev–Trinajstić information content (AvgIpc) is 3.07. The van der Waals surface area contributed by atoms with Crippen molar-refractivity contribution in [3.05, 3.63) is 18.1 Å². The molecule has 0 aromatic carbocycles. The maximum absolute atomic E-state index is 10.6. The third kappa shape index (κ3) is 7.20. The van der Waals surface area contributed by atoms with Gasteiger partial charge in [-0.2, -0.15) is 0 Å². The van der Waals surface area contributed by atoms with Gasteiger partial charge in [0.25, 0.3) is 0 Å². The fraction of sp³-hybridized carbons (Fsp3) is 0.737. The van der Waals surface area contributed by atoms with Crippen molar-refractivity contribution < 1.29 is 27.8 Å². The molecule has 4 rings (SSSR count). The molecule has 1 saturated carbocycles. The van der Waals surface area contributed by atoms with Crippen LogP contribution in [0, 0.1) is 0 Å². The van der Waals surface area contributed by atoms with E-state index in [0.29, 0.717) is 5.82 Å². The Morgan fingerprint density at radius 2 is 1.90 bits per heavy atom. The first kappa shape index (κ1) is 25.3. The predicted molar refractivity (Wildman–Crippen MR) is 104 cm³/mol. The van der Waals surface area contributed by atoms with Crippen molar-refractivity contribution in [2.24, 2.45) is 0 Å². The summed E-state index contributed by atoms with van der Waals surface area (Å²) in [6, 6.07) is 1.69. The van der Waals surface area contributed by atoms with Crippen molar-refractivity contribution in [1.82, 2.24) is 14.9 Å². The number of rotatable bonds is 4. The lowest BCUT2D eigenvalue weighted by molar-refractivity contribution is -0.295. The van der Waals surface area contributed by atoms with Gasteiger partial charge in [0.1, 0.15) is 18.4 Å². The number of hydrogen-bond acceptors (Lipinski definition) is 7. The molecule has 2 aliphatic heterocycles. The fourth-order valence-electron chi connectivity index (χ4n) is 3.00. The minimum atomic E-state index is -5.00. The first-order valence-corrected chi connectivity index (χ1v) is 9.65. The van der Waals surface area contributed by atoms with Gasteiger partial charge in [0.15, 0.2) is 0 Å². The molecule has 0 spiro atoms. The number of nitrogens with zero attached hydrogens (tertiary/aromatic N) is 3. The Hall–Kier alpha value is -1.78. The van der Waals surface area contributed by atoms with Gasteiger partial charge in [0, 0.05) is 6.07 Å². The Labute approximate surface area is 169 Å². The molecule has 1 aromatic heterocycles. The maximum Gasteiger partial charge on any atom is 0.519 e. The monoisotopic (exact) mass is 420 g/mol. The number of aldehydes is 1. The third-order valence-electron chi connectivity index (χ3n) is 4.98. The van der Waals surface area contributed by atoms with E-state index >= 15 is 0 Å². The summed E-state index contributed by atoms with van der Waals surface area (Å²) in [4.78, 5) is 21.3. The Morgan fingerprint density at radius 3 is 2.21 bits per heavy atom. The number of halogens is 3. The summed E-state index contributed by atoms with van der Waals surface area (Å²) in [6.45, 7) is 11.3. The van der Waals surface area contributed by atoms with E-state index < -0.39 is 6.36 Å². The van der Waals surface area contributed by atoms with Crippen molar-refractivity contribution in [3.8, 4) is 0 Å². The highest BCUT2D eigenvalue weighted by Gasteiger charge is 2.75. The molecule has 3 atom stereocenters. The van der Waals surface area contributed by atoms with Gasteiger partial charge in [0.05, 0.1) is 29.4 Å². The summed E-state index contributed by atoms with van der Waals surface area (Å²) in [5, 5.41) is 9.54. The van der Waals surface area contributed by atoms with Crippen LogP contribution in [-0.2, 0) is 14.9 Å². The summed E-state index contributed by atoms with van der Waals surface area (Å²) < 4.78 is 35.3. The van der Waals surface area contributed by atoms with E-state index in [1.54, 1.807) is 13.3 Å². The molecule has 166 valence electrons. The number of anilines is 1. The first-order chi connectivity index (χ1) is 13.5. The van der Waals surface area contributed by atoms with Gasteiger partial charge >= 0.3 is 6.36 Å². The molecule has 2 N–H and O–H groups in total. The zero-order valence-corrected chi connectivity index (χ0v) is 17.6. The molecular weight excluding hydrogens is 389 g/mol. The van der Waals surface area contributed by atoms with E-state index in [9.17, 15) is 18.0 Å². The van der Waals surface area contributed by atoms with Crippen LogP contribution in [0.25, 0.3) is 0 Å². The predicted octanol–water partition coefficient (Wildman–Crippen LogP) is 2.75. The molecule has 1 aliphatic carbocycles. The van der Waals surface area contributed by atoms with Crippen LogP contribution in [0.1, 0.15) is 46.2 Å². The highest BCUT2D eigenvalue weighted by atomic mass is 19.4. The zero-order chi connectivity index (χ0) is 22.3. The molecule has 3 heterocycles. The molecule has 0 radical (unpaired) electrons. The topological polar surface area (TPSA) is 87.6 Å². The van der Waals surface area contributed by atoms with Crippen LogP contribution in [0.2, 0.25) is 0 Å². The number of aliphatic hydroxyl groups is 1. The van der Waals surface area contributed by atoms with Gasteiger partial charge in [-0.15, -0.1) is 13.2 Å². The lowest BCUT2D eigenvalue weighted by Crippen LogP contribution is -2.41. The van der Waals surface area contributed by atoms with Crippen LogP contribution < -0.4 is 5.32 Å². The zero-order valence-electron chi connectivity index (χ0n) is 17.6. The highest BCUT2D eigenvalue weighted by Crippen LogP contribution is 2.66. The van der Waals surface area contributed by atoms with Crippen LogP contribution in [0.4, 0.5) is 19.0 Å². The minimum absolute atomic E-state index is 0.0189. The normalized spacial score (nSPS) is 27.5. The van der Waals surface area contributed by atoms with E-state index in [1.165, 1.54) is 19.5 Å². The third-order valence-corrected chi connectivity index (χ3v) is 4.98. The van der Waals surface area contributed by atoms with Crippen LogP contribution in [0.5, 0.6) is 0 Å². The van der Waals surface area contributed by atoms with Crippen LogP contribution >= 0.6 is 0 Å². The average molecular weight is 420 g/mol. The second kappa shape index (κ2) is 10.3. The number of carbonyl (C=O) groups excluding carboxylic acids is 1. The summed E-state index contributed by atoms with van der Waals surface area (Å²) >= 11 is 0. The van der Waals surface area contributed by atoms with Gasteiger partial charge in [-0.3, -0.25) is 0 Å². The smallest absolute Gasteiger partial charge is 0.373 e. The quantitative estimate of drug-likeness (QED) is 0.724. The molecule has 10 heteroatoms. The molecule has 2 unspecified atom stereocenters. The SMILES string of the molecule is CC.CN1CCC1.C[C@H](C=O)Nc1cc(C23COC2(C)C3)ncn1.OC(F)(F)F. The Morgan fingerprint density at radius 1 is 1.34 bits per heavy atom. The van der Waals surface area contributed by atoms with Crippen molar-refractivity contribution in [2.75, 3.05) is 32.1 Å². The van der Waals surface area contributed by atoms with Crippen LogP contribution in [0.15, 0.2) is 12.4 Å². The molecule has 0 amide bonds. The summed E-state index contributed by atoms with van der Waals surface area (Å²) in [5.41, 5.74) is 1.09. The number of carbonyl (C=O) groups is 1. The van der Waals surface area contributed by atoms with E-state index in [4.69, 9.17) is 9.84 Å². The number of aromatic nitrogens is 2. The van der Waals surface area contributed by atoms with Crippen molar-refractivity contribution in [3.63, 3.8) is 0 Å². The van der Waals surface area contributed by atoms with Gasteiger partial charge in [-0.05, 0) is 46.8 Å². The van der Waals surface area contributed by atoms with E-state index in [0.717, 1.165) is 25.0 Å². The van der Waals surface area contributed by atoms with Gasteiger partial charge in [-0.25, -0.2) is 9.97 Å². The van der Waals surface area contributed by atoms with E-state index in [-0.39, 0.29) is 17.1 Å². The second-order valence-corrected chi connectivity index (χ2v) is 7.26. The summed E-state index contributed by atoms with van der Waals surface area (Å²) in [5.74, 6) is 0.699. The van der Waals surface area contributed by atoms with Crippen molar-refractivity contribution in [2.45, 2.75) is 64.0 Å². The molecule has 3 fully saturated rings. The van der Waals surface area contributed by atoms with Crippen LogP contribution in [0.3, 0.4) is 0 Å². The largest absolute Gasteiger partial charge is 0.519 e. The number of nitrogens with one attached hydrogen (secondary N) is 1. The minimum Gasteiger partial charge on any atom is -0.373 e. The highest BCUT2D eigenvalue weighted by molar-refractivity contribution is 5.62. The Bertz CT molecular complexity index is 652. The number of alkyl halides is 3. The van der Waals surface area contributed by atoms with Gasteiger partial charge < -0.3 is 24.9 Å². The first-order valence-electron chi connectivity index (χ1n) is 9.65. The van der Waals surface area contributed by atoms with E-state index in [1.807, 2.05) is 19.9 Å². The molecule has 2 saturated heterocycles. The standard InChI is InChI=1S/C12H15N3O2.C4H9N.C2H6.CHF3O/c1-8(4-16)15-10-3-9(13-7-14-10)12-5-11(12,2)17-6-12;1-5-3-2-4-5;1-2;2-1(3,4)5/h3-4,7-8H,5-6H2,1-2H3,(H,13,14,15);2-4H2,1H3;1-2H3;5H/t8-,11?,12?;;;/m1.../s1. The van der Waals surface area contributed by atoms with Crippen LogP contribution in [-0.4, -0.2) is 71.0 Å². The number of ether oxygens (including phenoxy) is 1. The van der Waals surface area contributed by atoms with Crippen molar-refractivity contribution in [1.29, 1.82) is 0 Å². The second-order valence-electron chi connectivity index (χ2n) is 7.26. The molecule has 7 nitrogen and oxygen atoms in total. The summed E-state index contributed by atoms with van der Waals surface area (Å²) in [6.07, 6.45) is -0.162. The lowest BCUT2D eigenvalue weighted by Gasteiger charge is -2.32. The molecule has 3 aliphatic rings. The number of likely N-dealkylation sites (tertiary alicyclic amines) is 1. The van der Waals surface area contributed by atoms with Gasteiger partial charge in [0.2, 0.25) is 0 Å². The molecular formula is C19H31F3N4O3. The number of fused-ring (bicyclic) bond motifs is 1. The van der Waals surface area contributed by atoms with E-state index in [2.05, 4.69) is 34.2 Å². The number of hydrogen-bond donors (Lipinski definition) is 2. The lowest BCUT2D eigenvalue weighted by atomic mass is 9.94. The summed E-state index contributed by atoms with van der Waals surface area (Å²) in [7, 11) is 2.14. The van der Waals surface area contributed by atoms with Crippen molar-refractivity contribution >= 4 is 12.1 Å². The Balaban J connectivity index is 0.000000289. The molecule has 1 aromatic rings. The Kier molecular flexibility index (Phi) is 8.98. The molecule has 0 bridgehead atoms. The maximum atomic E-state index is 10.6. The van der Waals surface area contributed by atoms with Gasteiger partial charge in [-0.1, -0.05) is 13.8 Å². The molecule has 29 heavy (non-hydrogen) atoms.